The lowest BCUT2D eigenvalue weighted by Gasteiger charge is -2.27. The molecule has 0 amide bonds. The van der Waals surface area contributed by atoms with Gasteiger partial charge in [-0.05, 0) is 49.2 Å². The Bertz CT molecular complexity index is 1310. The van der Waals surface area contributed by atoms with Gasteiger partial charge in [0.15, 0.2) is 0 Å². The number of ether oxygens (including phenoxy) is 1. The molecular weight excluding hydrogens is 436 g/mol. The fraction of sp³-hybridized carbons (Fsp3) is 0.320. The maximum Gasteiger partial charge on any atom is 0.228 e. The third-order valence-electron chi connectivity index (χ3n) is 6.28. The number of halogens is 1. The van der Waals surface area contributed by atoms with E-state index in [-0.39, 0.29) is 0 Å². The van der Waals surface area contributed by atoms with Crippen LogP contribution in [0.3, 0.4) is 0 Å². The standard InChI is InChI=1S/C25H25ClN6O/c1-31-22-14-17(4-9-20(22)28-24(31)16-2-3-16)21-15-23(27-19-7-5-18(26)6-8-19)30-25(29-21)32-10-12-33-13-11-32/h4-9,14-16H,2-3,10-13H2,1H3,(H,27,29,30). The summed E-state index contributed by atoms with van der Waals surface area (Å²) in [5.74, 6) is 3.24. The molecule has 7 nitrogen and oxygen atoms in total. The Morgan fingerprint density at radius 3 is 2.52 bits per heavy atom. The summed E-state index contributed by atoms with van der Waals surface area (Å²) in [6.07, 6.45) is 2.47. The first kappa shape index (κ1) is 20.4. The number of fused-ring (bicyclic) bond motifs is 1. The minimum Gasteiger partial charge on any atom is -0.378 e. The summed E-state index contributed by atoms with van der Waals surface area (Å²) >= 11 is 6.05. The lowest BCUT2D eigenvalue weighted by molar-refractivity contribution is 0.122. The largest absolute Gasteiger partial charge is 0.378 e. The predicted molar refractivity (Wildman–Crippen MR) is 131 cm³/mol. The molecule has 4 aromatic rings. The van der Waals surface area contributed by atoms with E-state index in [1.807, 2.05) is 30.3 Å². The summed E-state index contributed by atoms with van der Waals surface area (Å²) in [5, 5.41) is 4.11. The van der Waals surface area contributed by atoms with Crippen molar-refractivity contribution >= 4 is 40.1 Å². The van der Waals surface area contributed by atoms with Crippen molar-refractivity contribution in [3.63, 3.8) is 0 Å². The van der Waals surface area contributed by atoms with Gasteiger partial charge in [0.05, 0.1) is 29.9 Å². The number of benzene rings is 2. The van der Waals surface area contributed by atoms with Gasteiger partial charge in [0.25, 0.3) is 0 Å². The van der Waals surface area contributed by atoms with Gasteiger partial charge in [-0.15, -0.1) is 0 Å². The van der Waals surface area contributed by atoms with Crippen LogP contribution in [0.15, 0.2) is 48.5 Å². The van der Waals surface area contributed by atoms with Crippen molar-refractivity contribution in [3.8, 4) is 11.3 Å². The van der Waals surface area contributed by atoms with E-state index in [2.05, 4.69) is 40.0 Å². The molecule has 0 unspecified atom stereocenters. The summed E-state index contributed by atoms with van der Waals surface area (Å²) in [7, 11) is 2.11. The van der Waals surface area contributed by atoms with Crippen LogP contribution in [0.1, 0.15) is 24.6 Å². The highest BCUT2D eigenvalue weighted by Crippen LogP contribution is 2.40. The van der Waals surface area contributed by atoms with Crippen molar-refractivity contribution in [2.75, 3.05) is 36.5 Å². The molecule has 33 heavy (non-hydrogen) atoms. The highest BCUT2D eigenvalue weighted by atomic mass is 35.5. The third kappa shape index (κ3) is 4.14. The lowest BCUT2D eigenvalue weighted by atomic mass is 10.1. The molecule has 2 aromatic carbocycles. The smallest absolute Gasteiger partial charge is 0.228 e. The van der Waals surface area contributed by atoms with Crippen LogP contribution in [0.25, 0.3) is 22.3 Å². The van der Waals surface area contributed by atoms with Crippen LogP contribution in [0.5, 0.6) is 0 Å². The van der Waals surface area contributed by atoms with E-state index in [0.717, 1.165) is 46.9 Å². The number of morpholine rings is 1. The average Bonchev–Trinajstić information content (AvgIpc) is 3.64. The maximum atomic E-state index is 6.05. The Kier molecular flexibility index (Phi) is 5.15. The number of imidazole rings is 1. The third-order valence-corrected chi connectivity index (χ3v) is 6.53. The van der Waals surface area contributed by atoms with E-state index in [0.29, 0.717) is 30.1 Å². The fourth-order valence-electron chi connectivity index (χ4n) is 4.31. The molecule has 1 N–H and O–H groups in total. The van der Waals surface area contributed by atoms with E-state index >= 15 is 0 Å². The van der Waals surface area contributed by atoms with Crippen LogP contribution in [0.2, 0.25) is 5.02 Å². The maximum absolute atomic E-state index is 6.05. The van der Waals surface area contributed by atoms with Crippen molar-refractivity contribution < 1.29 is 4.74 Å². The Hall–Kier alpha value is -3.16. The zero-order valence-corrected chi connectivity index (χ0v) is 19.2. The van der Waals surface area contributed by atoms with E-state index in [1.54, 1.807) is 0 Å². The van der Waals surface area contributed by atoms with Crippen LogP contribution >= 0.6 is 11.6 Å². The van der Waals surface area contributed by atoms with Gasteiger partial charge in [-0.25, -0.2) is 9.97 Å². The van der Waals surface area contributed by atoms with Crippen LogP contribution in [0.4, 0.5) is 17.5 Å². The van der Waals surface area contributed by atoms with Crippen LogP contribution in [-0.2, 0) is 11.8 Å². The first-order valence-electron chi connectivity index (χ1n) is 11.4. The Morgan fingerprint density at radius 1 is 0.970 bits per heavy atom. The topological polar surface area (TPSA) is 68.1 Å². The molecule has 6 rings (SSSR count). The summed E-state index contributed by atoms with van der Waals surface area (Å²) in [6, 6.07) is 16.0. The minimum absolute atomic E-state index is 0.605. The average molecular weight is 461 g/mol. The number of rotatable bonds is 5. The van der Waals surface area contributed by atoms with E-state index in [1.165, 1.54) is 18.7 Å². The Labute approximate surface area is 197 Å². The minimum atomic E-state index is 0.605. The van der Waals surface area contributed by atoms with Gasteiger partial charge >= 0.3 is 0 Å². The molecule has 8 heteroatoms. The highest BCUT2D eigenvalue weighted by Gasteiger charge is 2.28. The van der Waals surface area contributed by atoms with Crippen molar-refractivity contribution in [2.45, 2.75) is 18.8 Å². The first-order chi connectivity index (χ1) is 16.1. The number of aryl methyl sites for hydroxylation is 1. The summed E-state index contributed by atoms with van der Waals surface area (Å²) < 4.78 is 7.76. The molecule has 0 bridgehead atoms. The molecule has 0 spiro atoms. The first-order valence-corrected chi connectivity index (χ1v) is 11.7. The SMILES string of the molecule is Cn1c(C2CC2)nc2ccc(-c3cc(Nc4ccc(Cl)cc4)nc(N4CCOCC4)n3)cc21. The van der Waals surface area contributed by atoms with Crippen LogP contribution < -0.4 is 10.2 Å². The number of hydrogen-bond acceptors (Lipinski definition) is 6. The quantitative estimate of drug-likeness (QED) is 0.444. The molecule has 1 aliphatic carbocycles. The van der Waals surface area contributed by atoms with Crippen LogP contribution in [0, 0.1) is 0 Å². The van der Waals surface area contributed by atoms with Gasteiger partial charge in [0, 0.05) is 48.4 Å². The molecule has 0 atom stereocenters. The van der Waals surface area contributed by atoms with Crippen molar-refractivity contribution in [3.05, 3.63) is 59.4 Å². The molecule has 1 aliphatic heterocycles. The normalized spacial score (nSPS) is 16.4. The molecule has 0 radical (unpaired) electrons. The van der Waals surface area contributed by atoms with Crippen molar-refractivity contribution in [2.24, 2.45) is 7.05 Å². The molecule has 3 heterocycles. The molecule has 168 valence electrons. The Balaban J connectivity index is 1.41. The number of hydrogen-bond donors (Lipinski definition) is 1. The number of nitrogens with zero attached hydrogens (tertiary/aromatic N) is 5. The van der Waals surface area contributed by atoms with Crippen molar-refractivity contribution in [1.82, 2.24) is 19.5 Å². The van der Waals surface area contributed by atoms with Crippen molar-refractivity contribution in [1.29, 1.82) is 0 Å². The molecule has 1 saturated carbocycles. The van der Waals surface area contributed by atoms with Gasteiger partial charge in [-0.1, -0.05) is 17.7 Å². The second-order valence-corrected chi connectivity index (χ2v) is 9.11. The zero-order chi connectivity index (χ0) is 22.4. The van der Waals surface area contributed by atoms with Gasteiger partial charge < -0.3 is 19.5 Å². The van der Waals surface area contributed by atoms with E-state index in [9.17, 15) is 0 Å². The fourth-order valence-corrected chi connectivity index (χ4v) is 4.43. The monoisotopic (exact) mass is 460 g/mol. The molecular formula is C25H25ClN6O. The second-order valence-electron chi connectivity index (χ2n) is 8.68. The van der Waals surface area contributed by atoms with Gasteiger partial charge in [0.1, 0.15) is 11.6 Å². The van der Waals surface area contributed by atoms with Gasteiger partial charge in [0.2, 0.25) is 5.95 Å². The van der Waals surface area contributed by atoms with Gasteiger partial charge in [-0.3, -0.25) is 0 Å². The molecule has 1 saturated heterocycles. The Morgan fingerprint density at radius 2 is 1.76 bits per heavy atom. The van der Waals surface area contributed by atoms with E-state index in [4.69, 9.17) is 31.3 Å². The van der Waals surface area contributed by atoms with E-state index < -0.39 is 0 Å². The number of aromatic nitrogens is 4. The van der Waals surface area contributed by atoms with Gasteiger partial charge in [-0.2, -0.15) is 4.98 Å². The molecule has 2 fully saturated rings. The second kappa shape index (κ2) is 8.32. The summed E-state index contributed by atoms with van der Waals surface area (Å²) in [6.45, 7) is 2.90. The summed E-state index contributed by atoms with van der Waals surface area (Å²) in [4.78, 5) is 16.8. The molecule has 2 aliphatic rings. The predicted octanol–water partition coefficient (Wildman–Crippen LogP) is 5.14. The highest BCUT2D eigenvalue weighted by molar-refractivity contribution is 6.30. The summed E-state index contributed by atoms with van der Waals surface area (Å²) in [5.41, 5.74) is 5.01. The lowest BCUT2D eigenvalue weighted by Crippen LogP contribution is -2.37. The zero-order valence-electron chi connectivity index (χ0n) is 18.5. The number of nitrogens with one attached hydrogen (secondary N) is 1. The molecule has 2 aromatic heterocycles. The number of anilines is 3. The van der Waals surface area contributed by atoms with Crippen LogP contribution in [-0.4, -0.2) is 45.8 Å².